The van der Waals surface area contributed by atoms with Gasteiger partial charge in [-0.05, 0) is 42.2 Å². The fraction of sp³-hybridized carbons (Fsp3) is 0.304. The Kier molecular flexibility index (Phi) is 5.36. The van der Waals surface area contributed by atoms with Gasteiger partial charge in [-0.25, -0.2) is 0 Å². The first-order valence-electron chi connectivity index (χ1n) is 9.75. The average Bonchev–Trinajstić information content (AvgIpc) is 3.27. The van der Waals surface area contributed by atoms with E-state index in [-0.39, 0.29) is 11.8 Å². The van der Waals surface area contributed by atoms with Gasteiger partial charge in [0.25, 0.3) is 11.8 Å². The molecule has 0 aliphatic carbocycles. The maximum atomic E-state index is 13.4. The molecule has 29 heavy (non-hydrogen) atoms. The number of benzene rings is 2. The molecule has 2 aromatic carbocycles. The summed E-state index contributed by atoms with van der Waals surface area (Å²) in [6.45, 7) is 1.51. The van der Waals surface area contributed by atoms with Crippen LogP contribution in [0.2, 0.25) is 0 Å². The lowest BCUT2D eigenvalue weighted by molar-refractivity contribution is -0.137. The molecule has 0 unspecified atom stereocenters. The molecule has 0 fully saturated rings. The molecule has 0 spiro atoms. The number of para-hydroxylation sites is 1. The first kappa shape index (κ1) is 19.2. The summed E-state index contributed by atoms with van der Waals surface area (Å²) in [5, 5.41) is 0. The van der Waals surface area contributed by atoms with Crippen molar-refractivity contribution in [2.24, 2.45) is 0 Å². The summed E-state index contributed by atoms with van der Waals surface area (Å²) in [7, 11) is 3.21. The minimum atomic E-state index is -0.254. The van der Waals surface area contributed by atoms with E-state index in [1.807, 2.05) is 47.4 Å². The molecule has 4 rings (SSSR count). The van der Waals surface area contributed by atoms with Crippen LogP contribution in [0.3, 0.4) is 0 Å². The predicted octanol–water partition coefficient (Wildman–Crippen LogP) is 2.87. The lowest BCUT2D eigenvalue weighted by Gasteiger charge is -2.21. The topological polar surface area (TPSA) is 59.1 Å². The number of anilines is 1. The Bertz CT molecular complexity index is 965. The quantitative estimate of drug-likeness (QED) is 0.536. The fourth-order valence-electron chi connectivity index (χ4n) is 3.97. The lowest BCUT2D eigenvalue weighted by atomic mass is 10.0. The summed E-state index contributed by atoms with van der Waals surface area (Å²) >= 11 is 0. The summed E-state index contributed by atoms with van der Waals surface area (Å²) in [5.41, 5.74) is 3.81. The highest BCUT2D eigenvalue weighted by atomic mass is 16.5. The van der Waals surface area contributed by atoms with Gasteiger partial charge in [-0.3, -0.25) is 14.5 Å². The van der Waals surface area contributed by atoms with Gasteiger partial charge < -0.3 is 14.4 Å². The molecule has 2 heterocycles. The van der Waals surface area contributed by atoms with Crippen molar-refractivity contribution in [3.8, 4) is 5.75 Å². The minimum absolute atomic E-state index is 0.242. The number of imide groups is 1. The minimum Gasteiger partial charge on any atom is -0.497 e. The van der Waals surface area contributed by atoms with Gasteiger partial charge >= 0.3 is 0 Å². The first-order chi connectivity index (χ1) is 14.2. The molecule has 0 aromatic heterocycles. The summed E-state index contributed by atoms with van der Waals surface area (Å²) < 4.78 is 10.3. The molecule has 150 valence electrons. The third-order valence-corrected chi connectivity index (χ3v) is 5.41. The molecule has 0 N–H and O–H groups in total. The van der Waals surface area contributed by atoms with Crippen molar-refractivity contribution in [1.29, 1.82) is 0 Å². The third-order valence-electron chi connectivity index (χ3n) is 5.41. The second kappa shape index (κ2) is 8.09. The van der Waals surface area contributed by atoms with Gasteiger partial charge in [-0.15, -0.1) is 0 Å². The normalized spacial score (nSPS) is 16.1. The number of amides is 2. The van der Waals surface area contributed by atoms with Crippen molar-refractivity contribution in [3.05, 3.63) is 65.4 Å². The van der Waals surface area contributed by atoms with Gasteiger partial charge in [0.1, 0.15) is 11.4 Å². The molecule has 0 atom stereocenters. The van der Waals surface area contributed by atoms with Crippen LogP contribution in [0.1, 0.15) is 17.5 Å². The van der Waals surface area contributed by atoms with Gasteiger partial charge in [0.05, 0.1) is 12.7 Å². The van der Waals surface area contributed by atoms with Crippen molar-refractivity contribution in [2.75, 3.05) is 38.8 Å². The van der Waals surface area contributed by atoms with Crippen molar-refractivity contribution in [2.45, 2.75) is 12.8 Å². The molecular formula is C23H24N2O4. The molecular weight excluding hydrogens is 368 g/mol. The van der Waals surface area contributed by atoms with E-state index in [4.69, 9.17) is 9.47 Å². The van der Waals surface area contributed by atoms with Gasteiger partial charge in [0.2, 0.25) is 0 Å². The molecule has 0 saturated carbocycles. The number of ether oxygens (including phenoxy) is 2. The van der Waals surface area contributed by atoms with Crippen LogP contribution in [0.15, 0.2) is 54.2 Å². The van der Waals surface area contributed by atoms with Crippen LogP contribution in [-0.4, -0.2) is 50.6 Å². The number of hydrogen-bond acceptors (Lipinski definition) is 5. The molecule has 6 heteroatoms. The van der Waals surface area contributed by atoms with Crippen LogP contribution in [0.5, 0.6) is 5.75 Å². The number of methoxy groups -OCH3 is 2. The highest BCUT2D eigenvalue weighted by molar-refractivity contribution is 6.36. The first-order valence-corrected chi connectivity index (χ1v) is 9.75. The van der Waals surface area contributed by atoms with Crippen molar-refractivity contribution >= 4 is 23.1 Å². The Hall–Kier alpha value is -3.12. The zero-order chi connectivity index (χ0) is 20.4. The molecule has 0 saturated heterocycles. The Morgan fingerprint density at radius 2 is 1.72 bits per heavy atom. The predicted molar refractivity (Wildman–Crippen MR) is 111 cm³/mol. The van der Waals surface area contributed by atoms with Crippen LogP contribution in [0, 0.1) is 0 Å². The third kappa shape index (κ3) is 3.40. The van der Waals surface area contributed by atoms with Crippen molar-refractivity contribution in [1.82, 2.24) is 4.90 Å². The monoisotopic (exact) mass is 392 g/mol. The van der Waals surface area contributed by atoms with E-state index in [0.717, 1.165) is 17.7 Å². The maximum Gasteiger partial charge on any atom is 0.278 e. The smallest absolute Gasteiger partial charge is 0.278 e. The zero-order valence-electron chi connectivity index (χ0n) is 16.7. The number of carbonyl (C=O) groups excluding carboxylic acids is 2. The average molecular weight is 392 g/mol. The Morgan fingerprint density at radius 1 is 0.966 bits per heavy atom. The molecule has 2 aliphatic heterocycles. The summed E-state index contributed by atoms with van der Waals surface area (Å²) in [6, 6.07) is 15.3. The van der Waals surface area contributed by atoms with Gasteiger partial charge in [-0.2, -0.15) is 0 Å². The van der Waals surface area contributed by atoms with Crippen molar-refractivity contribution < 1.29 is 19.1 Å². The SMILES string of the molecule is COCCCN1C(=O)C(c2ccc(OC)cc2)=C(N2CCc3ccccc32)C1=O. The van der Waals surface area contributed by atoms with Crippen LogP contribution in [0.4, 0.5) is 5.69 Å². The molecule has 2 amide bonds. The van der Waals surface area contributed by atoms with Crippen molar-refractivity contribution in [3.63, 3.8) is 0 Å². The van der Waals surface area contributed by atoms with Crippen LogP contribution < -0.4 is 9.64 Å². The standard InChI is InChI=1S/C23H24N2O4/c1-28-15-5-13-25-22(26)20(17-8-10-18(29-2)11-9-17)21(23(25)27)24-14-12-16-6-3-4-7-19(16)24/h3-4,6-11H,5,12-15H2,1-2H3. The molecule has 0 bridgehead atoms. The van der Waals surface area contributed by atoms with Crippen LogP contribution in [0.25, 0.3) is 5.57 Å². The second-order valence-electron chi connectivity index (χ2n) is 7.09. The largest absolute Gasteiger partial charge is 0.497 e. The lowest BCUT2D eigenvalue weighted by Crippen LogP contribution is -2.36. The molecule has 2 aromatic rings. The van der Waals surface area contributed by atoms with E-state index in [0.29, 0.717) is 43.1 Å². The van der Waals surface area contributed by atoms with Gasteiger partial charge in [0.15, 0.2) is 0 Å². The summed E-state index contributed by atoms with van der Waals surface area (Å²) in [4.78, 5) is 30.0. The maximum absolute atomic E-state index is 13.4. The van der Waals surface area contributed by atoms with E-state index in [1.165, 1.54) is 10.5 Å². The summed E-state index contributed by atoms with van der Waals surface area (Å²) in [6.07, 6.45) is 1.45. The second-order valence-corrected chi connectivity index (χ2v) is 7.09. The summed E-state index contributed by atoms with van der Waals surface area (Å²) in [5.74, 6) is 0.209. The molecule has 2 aliphatic rings. The van der Waals surface area contributed by atoms with Gasteiger partial charge in [0, 0.05) is 32.5 Å². The Labute approximate surface area is 170 Å². The number of rotatable bonds is 7. The molecule has 0 radical (unpaired) electrons. The van der Waals surface area contributed by atoms with Crippen LogP contribution in [-0.2, 0) is 20.7 Å². The molecule has 6 nitrogen and oxygen atoms in total. The highest BCUT2D eigenvalue weighted by Crippen LogP contribution is 2.38. The van der Waals surface area contributed by atoms with E-state index in [1.54, 1.807) is 14.2 Å². The van der Waals surface area contributed by atoms with E-state index < -0.39 is 0 Å². The Morgan fingerprint density at radius 3 is 2.45 bits per heavy atom. The van der Waals surface area contributed by atoms with E-state index in [9.17, 15) is 9.59 Å². The zero-order valence-corrected chi connectivity index (χ0v) is 16.7. The van der Waals surface area contributed by atoms with Gasteiger partial charge in [-0.1, -0.05) is 30.3 Å². The number of carbonyl (C=O) groups is 2. The number of fused-ring (bicyclic) bond motifs is 1. The highest BCUT2D eigenvalue weighted by Gasteiger charge is 2.42. The van der Waals surface area contributed by atoms with E-state index >= 15 is 0 Å². The Balaban J connectivity index is 1.78. The fourth-order valence-corrected chi connectivity index (χ4v) is 3.97. The number of hydrogen-bond donors (Lipinski definition) is 0. The van der Waals surface area contributed by atoms with E-state index in [2.05, 4.69) is 6.07 Å². The van der Waals surface area contributed by atoms with Crippen LogP contribution >= 0.6 is 0 Å². The number of nitrogens with zero attached hydrogens (tertiary/aromatic N) is 2.